The van der Waals surface area contributed by atoms with Gasteiger partial charge in [-0.05, 0) is 42.3 Å². The minimum absolute atomic E-state index is 0.0152. The minimum Gasteiger partial charge on any atom is -0.480 e. The van der Waals surface area contributed by atoms with Gasteiger partial charge in [-0.1, -0.05) is 49.9 Å². The second-order valence-corrected chi connectivity index (χ2v) is 10.1. The van der Waals surface area contributed by atoms with E-state index in [4.69, 9.17) is 0 Å². The number of anilines is 1. The summed E-state index contributed by atoms with van der Waals surface area (Å²) in [7, 11) is 0. The number of thioether (sulfide) groups is 1. The average Bonchev–Trinajstić information content (AvgIpc) is 3.47. The zero-order chi connectivity index (χ0) is 22.1. The van der Waals surface area contributed by atoms with Crippen LogP contribution in [0.5, 0.6) is 0 Å². The maximum Gasteiger partial charge on any atom is 0.327 e. The molecule has 0 fully saturated rings. The molecule has 1 aliphatic heterocycles. The van der Waals surface area contributed by atoms with Gasteiger partial charge < -0.3 is 10.0 Å². The quantitative estimate of drug-likeness (QED) is 0.532. The van der Waals surface area contributed by atoms with E-state index < -0.39 is 17.3 Å². The van der Waals surface area contributed by atoms with E-state index in [2.05, 4.69) is 10.2 Å². The van der Waals surface area contributed by atoms with E-state index in [0.29, 0.717) is 17.5 Å². The molecule has 3 aromatic rings. The molecule has 162 valence electrons. The van der Waals surface area contributed by atoms with E-state index in [1.54, 1.807) is 4.57 Å². The van der Waals surface area contributed by atoms with Crippen molar-refractivity contribution in [3.63, 3.8) is 0 Å². The molecule has 0 bridgehead atoms. The molecule has 0 radical (unpaired) electrons. The molecule has 9 heteroatoms. The number of aliphatic carboxylic acids is 1. The number of carboxylic acid groups (broad SMARTS) is 1. The number of amides is 1. The van der Waals surface area contributed by atoms with E-state index in [-0.39, 0.29) is 11.8 Å². The monoisotopic (exact) mass is 456 g/mol. The predicted molar refractivity (Wildman–Crippen MR) is 123 cm³/mol. The van der Waals surface area contributed by atoms with Crippen LogP contribution in [0, 0.1) is 5.92 Å². The van der Waals surface area contributed by atoms with Gasteiger partial charge in [-0.3, -0.25) is 9.36 Å². The molecule has 31 heavy (non-hydrogen) atoms. The van der Waals surface area contributed by atoms with E-state index in [0.717, 1.165) is 17.0 Å². The zero-order valence-corrected chi connectivity index (χ0v) is 19.2. The summed E-state index contributed by atoms with van der Waals surface area (Å²) in [6.45, 7) is 6.21. The molecule has 1 amide bonds. The van der Waals surface area contributed by atoms with E-state index in [9.17, 15) is 14.7 Å². The summed E-state index contributed by atoms with van der Waals surface area (Å²) in [5, 5.41) is 20.5. The van der Waals surface area contributed by atoms with Crippen molar-refractivity contribution in [3.8, 4) is 10.7 Å². The molecule has 1 aromatic carbocycles. The number of nitrogens with zero attached hydrogens (tertiary/aromatic N) is 4. The molecule has 2 aromatic heterocycles. The minimum atomic E-state index is -0.943. The van der Waals surface area contributed by atoms with Gasteiger partial charge in [0, 0.05) is 12.2 Å². The first kappa shape index (κ1) is 21.6. The van der Waals surface area contributed by atoms with E-state index in [1.807, 2.05) is 67.4 Å². The van der Waals surface area contributed by atoms with Gasteiger partial charge in [-0.25, -0.2) is 4.79 Å². The molecule has 0 unspecified atom stereocenters. The molecular formula is C22H24N4O3S2. The molecular weight excluding hydrogens is 432 g/mol. The van der Waals surface area contributed by atoms with Crippen molar-refractivity contribution < 1.29 is 14.7 Å². The fourth-order valence-electron chi connectivity index (χ4n) is 3.87. The van der Waals surface area contributed by atoms with Crippen LogP contribution in [0.2, 0.25) is 0 Å². The second kappa shape index (κ2) is 8.84. The number of rotatable bonds is 7. The Bertz CT molecular complexity index is 1090. The summed E-state index contributed by atoms with van der Waals surface area (Å²) < 4.78 is 1.67. The summed E-state index contributed by atoms with van der Waals surface area (Å²) >= 11 is 2.74. The normalized spacial score (nSPS) is 15.2. The Labute approximate surface area is 189 Å². The molecule has 0 aliphatic carbocycles. The maximum absolute atomic E-state index is 13.2. The number of hydrogen-bond acceptors (Lipinski definition) is 6. The van der Waals surface area contributed by atoms with Crippen LogP contribution in [0.15, 0.2) is 46.9 Å². The van der Waals surface area contributed by atoms with Crippen LogP contribution in [0.25, 0.3) is 10.7 Å². The first-order valence-corrected chi connectivity index (χ1v) is 11.9. The Morgan fingerprint density at radius 2 is 1.90 bits per heavy atom. The summed E-state index contributed by atoms with van der Waals surface area (Å²) in [6.07, 6.45) is 0.840. The smallest absolute Gasteiger partial charge is 0.327 e. The summed E-state index contributed by atoms with van der Waals surface area (Å²) in [5.41, 5.74) is 2.12. The highest BCUT2D eigenvalue weighted by Crippen LogP contribution is 2.36. The van der Waals surface area contributed by atoms with Crippen LogP contribution in [-0.4, -0.2) is 43.5 Å². The van der Waals surface area contributed by atoms with Gasteiger partial charge in [-0.15, -0.1) is 21.5 Å². The fraction of sp³-hybridized carbons (Fsp3) is 0.364. The molecule has 7 nitrogen and oxygen atoms in total. The summed E-state index contributed by atoms with van der Waals surface area (Å²) in [6, 6.07) is 10.9. The Morgan fingerprint density at radius 3 is 2.58 bits per heavy atom. The number of carbonyl (C=O) groups excluding carboxylic acids is 1. The third-order valence-electron chi connectivity index (χ3n) is 5.35. The molecule has 1 N–H and O–H groups in total. The molecule has 1 aliphatic rings. The maximum atomic E-state index is 13.2. The van der Waals surface area contributed by atoms with Crippen molar-refractivity contribution in [2.75, 3.05) is 11.4 Å². The van der Waals surface area contributed by atoms with Crippen LogP contribution in [-0.2, 0) is 16.0 Å². The standard InChI is InChI=1S/C22H24N4O3S2/c1-13(2)18(21(28)29)26-19(17-9-6-12-30-17)23-24-22(26)31-14(3)20(27)25-11-10-15-7-4-5-8-16(15)25/h4-9,12-14,18H,10-11H2,1-3H3,(H,28,29)/t14-,18-/m1/s1. The Balaban J connectivity index is 1.65. The molecule has 0 spiro atoms. The third kappa shape index (κ3) is 4.12. The number of carbonyl (C=O) groups is 2. The van der Waals surface area contributed by atoms with Gasteiger partial charge in [-0.2, -0.15) is 0 Å². The van der Waals surface area contributed by atoms with Gasteiger partial charge in [0.2, 0.25) is 5.91 Å². The van der Waals surface area contributed by atoms with Crippen molar-refractivity contribution in [1.29, 1.82) is 0 Å². The lowest BCUT2D eigenvalue weighted by Gasteiger charge is -2.24. The molecule has 0 saturated heterocycles. The Kier molecular flexibility index (Phi) is 6.15. The number of fused-ring (bicyclic) bond motifs is 1. The van der Waals surface area contributed by atoms with Crippen molar-refractivity contribution >= 4 is 40.7 Å². The number of aromatic nitrogens is 3. The van der Waals surface area contributed by atoms with Gasteiger partial charge in [0.1, 0.15) is 6.04 Å². The second-order valence-electron chi connectivity index (χ2n) is 7.81. The van der Waals surface area contributed by atoms with Gasteiger partial charge in [0.05, 0.1) is 10.1 Å². The molecule has 3 heterocycles. The van der Waals surface area contributed by atoms with Crippen LogP contribution in [0.3, 0.4) is 0 Å². The predicted octanol–water partition coefficient (Wildman–Crippen LogP) is 4.36. The summed E-state index contributed by atoms with van der Waals surface area (Å²) in [4.78, 5) is 28.0. The number of thiophene rings is 1. The lowest BCUT2D eigenvalue weighted by atomic mass is 10.0. The van der Waals surface area contributed by atoms with Crippen molar-refractivity contribution in [2.24, 2.45) is 5.92 Å². The van der Waals surface area contributed by atoms with E-state index in [1.165, 1.54) is 28.7 Å². The van der Waals surface area contributed by atoms with Crippen molar-refractivity contribution in [1.82, 2.24) is 14.8 Å². The largest absolute Gasteiger partial charge is 0.480 e. The van der Waals surface area contributed by atoms with Crippen LogP contribution in [0.4, 0.5) is 5.69 Å². The number of benzene rings is 1. The van der Waals surface area contributed by atoms with E-state index >= 15 is 0 Å². The fourth-order valence-corrected chi connectivity index (χ4v) is 5.52. The molecule has 2 atom stereocenters. The number of carboxylic acids is 1. The van der Waals surface area contributed by atoms with Crippen LogP contribution < -0.4 is 4.90 Å². The first-order chi connectivity index (χ1) is 14.9. The number of para-hydroxylation sites is 1. The topological polar surface area (TPSA) is 88.3 Å². The first-order valence-electron chi connectivity index (χ1n) is 10.2. The Hall–Kier alpha value is -2.65. The summed E-state index contributed by atoms with van der Waals surface area (Å²) in [5.74, 6) is -0.617. The lowest BCUT2D eigenvalue weighted by molar-refractivity contribution is -0.142. The van der Waals surface area contributed by atoms with Crippen molar-refractivity contribution in [2.45, 2.75) is 43.6 Å². The molecule has 4 rings (SSSR count). The Morgan fingerprint density at radius 1 is 1.13 bits per heavy atom. The highest BCUT2D eigenvalue weighted by molar-refractivity contribution is 8.00. The third-order valence-corrected chi connectivity index (χ3v) is 7.26. The SMILES string of the molecule is CC(C)[C@H](C(=O)O)n1c(S[C@H](C)C(=O)N2CCc3ccccc32)nnc1-c1cccs1. The zero-order valence-electron chi connectivity index (χ0n) is 17.6. The van der Waals surface area contributed by atoms with Crippen LogP contribution >= 0.6 is 23.1 Å². The van der Waals surface area contributed by atoms with Crippen LogP contribution in [0.1, 0.15) is 32.4 Å². The molecule has 0 saturated carbocycles. The highest BCUT2D eigenvalue weighted by atomic mass is 32.2. The van der Waals surface area contributed by atoms with Crippen molar-refractivity contribution in [3.05, 3.63) is 47.3 Å². The number of hydrogen-bond donors (Lipinski definition) is 1. The highest BCUT2D eigenvalue weighted by Gasteiger charge is 2.33. The average molecular weight is 457 g/mol. The van der Waals surface area contributed by atoms with Gasteiger partial charge in [0.25, 0.3) is 0 Å². The van der Waals surface area contributed by atoms with Gasteiger partial charge >= 0.3 is 5.97 Å². The van der Waals surface area contributed by atoms with Gasteiger partial charge in [0.15, 0.2) is 11.0 Å². The lowest BCUT2D eigenvalue weighted by Crippen LogP contribution is -2.35.